The summed E-state index contributed by atoms with van der Waals surface area (Å²) in [5, 5.41) is 35.5. The fourth-order valence-corrected chi connectivity index (χ4v) is 16.0. The Balaban J connectivity index is 0.000000200. The molecule has 4 aliphatic carbocycles. The summed E-state index contributed by atoms with van der Waals surface area (Å²) in [5.41, 5.74) is -4.42. The SMILES string of the molecule is CC(=O)OC[C@]1(C)C2C[C@H](O)[C@@]3(C)Oc4cc(-c5cccnc5)oc(=O)c4[C@H](O)C3[C@@]2(C)CC[C@@H]1C.CC(=O)OC[C@]1(C)C2C[C@H](OC(=O)c3ccc(F)cc3)[C@@]3(C)Oc4cc(-c5cccnc5)oc(=O)c4[C@H](O)C3[C@@]2(C)CC[C@@H]1C.I. The molecule has 0 amide bonds. The van der Waals surface area contributed by atoms with Gasteiger partial charge in [-0.25, -0.2) is 18.8 Å². The highest BCUT2D eigenvalue weighted by Gasteiger charge is 2.71. The lowest BCUT2D eigenvalue weighted by Crippen LogP contribution is -2.70. The number of aliphatic hydroxyl groups excluding tert-OH is 3. The maximum atomic E-state index is 13.7. The zero-order valence-electron chi connectivity index (χ0n) is 47.9. The Labute approximate surface area is 492 Å². The van der Waals surface area contributed by atoms with E-state index in [0.717, 1.165) is 19.3 Å². The van der Waals surface area contributed by atoms with Crippen molar-refractivity contribution >= 4 is 41.9 Å². The summed E-state index contributed by atoms with van der Waals surface area (Å²) in [6, 6.07) is 15.2. The van der Waals surface area contributed by atoms with Crippen LogP contribution in [0.25, 0.3) is 22.6 Å². The number of pyridine rings is 2. The highest BCUT2D eigenvalue weighted by molar-refractivity contribution is 14.0. The molecule has 6 aliphatic rings. The van der Waals surface area contributed by atoms with Gasteiger partial charge < -0.3 is 47.8 Å². The van der Waals surface area contributed by atoms with Crippen molar-refractivity contribution in [3.63, 3.8) is 0 Å². The molecule has 0 radical (unpaired) electrons. The van der Waals surface area contributed by atoms with E-state index in [9.17, 15) is 43.7 Å². The Bertz CT molecular complexity index is 3350. The fourth-order valence-electron chi connectivity index (χ4n) is 16.0. The van der Waals surface area contributed by atoms with E-state index in [-0.39, 0.29) is 107 Å². The standard InChI is InChI=1S/C35H38FNO8.C28H35NO7.HI/c1-19-12-13-33(3)26(34(19,4)18-42-20(2)38)16-27(44-31(40)21-8-10-23(36)11-9-21)35(5)30(33)29(39)28-25(45-35)15-24(43-32(28)41)22-7-6-14-37-17-22;1-15-8-9-26(3)20(27(15,4)14-34-16(2)30)12-21(31)28(5)24(26)23(32)22-19(36-28)11-18(35-25(22)33)17-7-6-10-29-13-17;/h6-11,14-15,17,19,26-27,29-30,39H,12-13,16,18H2,1-5H3;6-7,10-11,13,15,20-21,23-24,31-32H,8-9,12,14H2,1-5H3;1H/t19-,26?,27-,29-,30?,33-,34-,35+;15-,20?,21-,23-,24?,26-,27-,28+;/m00./s1. The number of esters is 3. The second-order valence-corrected chi connectivity index (χ2v) is 25.2. The molecule has 0 bridgehead atoms. The molecule has 440 valence electrons. The van der Waals surface area contributed by atoms with Crippen molar-refractivity contribution in [1.82, 2.24) is 9.97 Å². The summed E-state index contributed by atoms with van der Waals surface area (Å²) < 4.78 is 55.6. The van der Waals surface area contributed by atoms with Gasteiger partial charge in [-0.1, -0.05) is 41.5 Å². The van der Waals surface area contributed by atoms with Crippen molar-refractivity contribution in [2.45, 2.75) is 143 Å². The van der Waals surface area contributed by atoms with Crippen LogP contribution in [0.1, 0.15) is 141 Å². The van der Waals surface area contributed by atoms with Crippen LogP contribution in [0.15, 0.2) is 104 Å². The molecule has 0 spiro atoms. The third-order valence-corrected chi connectivity index (χ3v) is 20.7. The van der Waals surface area contributed by atoms with Crippen molar-refractivity contribution in [3.05, 3.63) is 129 Å². The van der Waals surface area contributed by atoms with E-state index in [1.165, 1.54) is 38.1 Å². The van der Waals surface area contributed by atoms with Gasteiger partial charge in [-0.2, -0.15) is 0 Å². The number of benzene rings is 1. The summed E-state index contributed by atoms with van der Waals surface area (Å²) in [7, 11) is 0. The summed E-state index contributed by atoms with van der Waals surface area (Å²) in [6.45, 7) is 19.5. The topological polar surface area (TPSA) is 244 Å². The number of hydrogen-bond acceptors (Lipinski definition) is 17. The number of halogens is 2. The number of ether oxygens (including phenoxy) is 5. The van der Waals surface area contributed by atoms with Crippen molar-refractivity contribution in [2.75, 3.05) is 13.2 Å². The molecule has 5 aromatic rings. The van der Waals surface area contributed by atoms with Gasteiger partial charge in [0.1, 0.15) is 57.3 Å². The Hall–Kier alpha value is -6.03. The maximum Gasteiger partial charge on any atom is 0.345 e. The van der Waals surface area contributed by atoms with Crippen molar-refractivity contribution in [2.24, 2.45) is 57.2 Å². The Morgan fingerprint density at radius 3 is 1.54 bits per heavy atom. The summed E-state index contributed by atoms with van der Waals surface area (Å²) in [5.74, 6) is -2.18. The Kier molecular flexibility index (Phi) is 16.4. The molecule has 2 aliphatic heterocycles. The van der Waals surface area contributed by atoms with E-state index in [1.54, 1.807) is 61.2 Å². The summed E-state index contributed by atoms with van der Waals surface area (Å²) >= 11 is 0. The van der Waals surface area contributed by atoms with E-state index in [4.69, 9.17) is 32.5 Å². The van der Waals surface area contributed by atoms with E-state index in [2.05, 4.69) is 51.5 Å². The van der Waals surface area contributed by atoms with Gasteiger partial charge in [0.05, 0.1) is 37.1 Å². The molecular formula is C63H74FIN2O15. The minimum atomic E-state index is -1.32. The van der Waals surface area contributed by atoms with Crippen molar-refractivity contribution < 1.29 is 66.6 Å². The van der Waals surface area contributed by atoms with Crippen molar-refractivity contribution in [3.8, 4) is 34.1 Å². The minimum absolute atomic E-state index is 0. The monoisotopic (exact) mass is 1240 g/mol. The van der Waals surface area contributed by atoms with Crippen LogP contribution in [0.2, 0.25) is 0 Å². The predicted octanol–water partition coefficient (Wildman–Crippen LogP) is 10.4. The molecule has 11 rings (SSSR count). The van der Waals surface area contributed by atoms with Gasteiger partial charge in [-0.15, -0.1) is 24.0 Å². The van der Waals surface area contributed by atoms with E-state index < -0.39 is 98.1 Å². The molecule has 19 heteroatoms. The average Bonchev–Trinajstić information content (AvgIpc) is 0.779. The van der Waals surface area contributed by atoms with Gasteiger partial charge >= 0.3 is 29.2 Å². The third-order valence-electron chi connectivity index (χ3n) is 20.7. The molecule has 4 unspecified atom stereocenters. The lowest BCUT2D eigenvalue weighted by Gasteiger charge is -2.66. The third kappa shape index (κ3) is 10.0. The molecule has 4 aromatic heterocycles. The molecule has 16 atom stereocenters. The highest BCUT2D eigenvalue weighted by Crippen LogP contribution is 2.70. The van der Waals surface area contributed by atoms with Gasteiger partial charge in [0.2, 0.25) is 0 Å². The van der Waals surface area contributed by atoms with Crippen LogP contribution in [0.5, 0.6) is 11.5 Å². The van der Waals surface area contributed by atoms with E-state index in [0.29, 0.717) is 30.4 Å². The van der Waals surface area contributed by atoms with Gasteiger partial charge in [0, 0.05) is 84.6 Å². The van der Waals surface area contributed by atoms with Crippen LogP contribution in [-0.4, -0.2) is 79.8 Å². The largest absolute Gasteiger partial charge is 0.484 e. The molecule has 4 fully saturated rings. The number of aromatic nitrogens is 2. The normalized spacial score (nSPS) is 35.6. The predicted molar refractivity (Wildman–Crippen MR) is 307 cm³/mol. The second-order valence-electron chi connectivity index (χ2n) is 25.2. The van der Waals surface area contributed by atoms with Crippen LogP contribution in [0.3, 0.4) is 0 Å². The maximum absolute atomic E-state index is 13.7. The molecule has 3 N–H and O–H groups in total. The molecule has 1 aromatic carbocycles. The lowest BCUT2D eigenvalue weighted by atomic mass is 9.41. The summed E-state index contributed by atoms with van der Waals surface area (Å²) in [6.07, 6.45) is 5.98. The first kappa shape index (κ1) is 60.6. The van der Waals surface area contributed by atoms with E-state index in [1.807, 2.05) is 13.8 Å². The summed E-state index contributed by atoms with van der Waals surface area (Å²) in [4.78, 5) is 72.1. The fraction of sp³-hybridized carbons (Fsp3) is 0.540. The van der Waals surface area contributed by atoms with Crippen LogP contribution in [0, 0.1) is 63.0 Å². The van der Waals surface area contributed by atoms with Crippen LogP contribution < -0.4 is 20.7 Å². The number of fused-ring (bicyclic) bond motifs is 8. The number of carbonyl (C=O) groups excluding carboxylic acids is 3. The number of hydrogen-bond donors (Lipinski definition) is 3. The van der Waals surface area contributed by atoms with Gasteiger partial charge in [-0.3, -0.25) is 19.6 Å². The zero-order chi connectivity index (χ0) is 58.4. The quantitative estimate of drug-likeness (QED) is 0.0743. The van der Waals surface area contributed by atoms with Gasteiger partial charge in [0.25, 0.3) is 0 Å². The number of rotatable bonds is 8. The number of nitrogens with zero attached hydrogens (tertiary/aromatic N) is 2. The lowest BCUT2D eigenvalue weighted by molar-refractivity contribution is -0.257. The first-order valence-corrected chi connectivity index (χ1v) is 28.0. The van der Waals surface area contributed by atoms with Crippen LogP contribution >= 0.6 is 24.0 Å². The van der Waals surface area contributed by atoms with Crippen LogP contribution in [0.4, 0.5) is 4.39 Å². The first-order valence-electron chi connectivity index (χ1n) is 28.0. The Morgan fingerprint density at radius 2 is 1.10 bits per heavy atom. The minimum Gasteiger partial charge on any atom is -0.484 e. The molecular weight excluding hydrogens is 1170 g/mol. The first-order chi connectivity index (χ1) is 38.2. The number of aliphatic hydroxyl groups is 3. The average molecular weight is 1250 g/mol. The van der Waals surface area contributed by atoms with Gasteiger partial charge in [0.15, 0.2) is 0 Å². The van der Waals surface area contributed by atoms with Gasteiger partial charge in [-0.05, 0) is 135 Å². The Morgan fingerprint density at radius 1 is 0.659 bits per heavy atom. The molecule has 82 heavy (non-hydrogen) atoms. The molecule has 6 heterocycles. The molecule has 0 saturated heterocycles. The molecule has 17 nitrogen and oxygen atoms in total. The van der Waals surface area contributed by atoms with E-state index >= 15 is 0 Å². The number of carbonyl (C=O) groups is 3. The van der Waals surface area contributed by atoms with Crippen molar-refractivity contribution in [1.29, 1.82) is 0 Å². The highest BCUT2D eigenvalue weighted by atomic mass is 127. The zero-order valence-corrected chi connectivity index (χ0v) is 50.3. The molecule has 4 saturated carbocycles. The van der Waals surface area contributed by atoms with Crippen LogP contribution in [-0.2, 0) is 23.8 Å². The smallest absolute Gasteiger partial charge is 0.345 e. The second kappa shape index (κ2) is 22.2.